The van der Waals surface area contributed by atoms with Gasteiger partial charge in [-0.1, -0.05) is 46.3 Å². The molecule has 110 valence electrons. The lowest BCUT2D eigenvalue weighted by atomic mass is 10.2. The molecule has 2 aromatic carbocycles. The van der Waals surface area contributed by atoms with Gasteiger partial charge in [-0.15, -0.1) is 0 Å². The van der Waals surface area contributed by atoms with Crippen LogP contribution in [0.3, 0.4) is 0 Å². The molecule has 0 aromatic heterocycles. The van der Waals surface area contributed by atoms with Gasteiger partial charge in [-0.3, -0.25) is 4.79 Å². The van der Waals surface area contributed by atoms with E-state index in [1.165, 1.54) is 5.56 Å². The van der Waals surface area contributed by atoms with Crippen LogP contribution in [-0.4, -0.2) is 12.5 Å². The van der Waals surface area contributed by atoms with Crippen LogP contribution in [0.5, 0.6) is 0 Å². The molecule has 0 aliphatic carbocycles. The van der Waals surface area contributed by atoms with E-state index < -0.39 is 0 Å². The summed E-state index contributed by atoms with van der Waals surface area (Å²) in [5, 5.41) is 3.24. The molecule has 0 spiro atoms. The number of benzene rings is 2. The van der Waals surface area contributed by atoms with Crippen LogP contribution in [0.1, 0.15) is 17.5 Å². The Bertz CT molecular complexity index is 613. The fourth-order valence-electron chi connectivity index (χ4n) is 1.93. The standard InChI is InChI=1S/C17H18BrNO2/c1-13-5-2-3-8-16(13)19-10-9-17(20)21-12-14-6-4-7-15(18)11-14/h2-8,11,19H,9-10,12H2,1H3. The van der Waals surface area contributed by atoms with E-state index in [-0.39, 0.29) is 5.97 Å². The number of nitrogens with one attached hydrogen (secondary N) is 1. The summed E-state index contributed by atoms with van der Waals surface area (Å²) < 4.78 is 6.24. The highest BCUT2D eigenvalue weighted by atomic mass is 79.9. The summed E-state index contributed by atoms with van der Waals surface area (Å²) in [5.74, 6) is -0.198. The van der Waals surface area contributed by atoms with Gasteiger partial charge >= 0.3 is 5.97 Å². The number of hydrogen-bond donors (Lipinski definition) is 1. The van der Waals surface area contributed by atoms with Crippen LogP contribution in [-0.2, 0) is 16.1 Å². The molecular formula is C17H18BrNO2. The van der Waals surface area contributed by atoms with Crippen LogP contribution < -0.4 is 5.32 Å². The number of anilines is 1. The number of ether oxygens (including phenoxy) is 1. The smallest absolute Gasteiger partial charge is 0.307 e. The van der Waals surface area contributed by atoms with Crippen molar-refractivity contribution in [2.24, 2.45) is 0 Å². The van der Waals surface area contributed by atoms with Crippen molar-refractivity contribution in [1.82, 2.24) is 0 Å². The van der Waals surface area contributed by atoms with Gasteiger partial charge in [0.15, 0.2) is 0 Å². The zero-order chi connectivity index (χ0) is 15.1. The van der Waals surface area contributed by atoms with E-state index in [1.807, 2.05) is 55.5 Å². The van der Waals surface area contributed by atoms with Crippen molar-refractivity contribution in [2.75, 3.05) is 11.9 Å². The van der Waals surface area contributed by atoms with Crippen molar-refractivity contribution in [3.63, 3.8) is 0 Å². The largest absolute Gasteiger partial charge is 0.461 e. The van der Waals surface area contributed by atoms with E-state index in [0.29, 0.717) is 19.6 Å². The third-order valence-corrected chi connectivity index (χ3v) is 3.57. The topological polar surface area (TPSA) is 38.3 Å². The number of hydrogen-bond acceptors (Lipinski definition) is 3. The van der Waals surface area contributed by atoms with Crippen molar-refractivity contribution in [1.29, 1.82) is 0 Å². The molecule has 0 fully saturated rings. The van der Waals surface area contributed by atoms with Crippen LogP contribution in [0.15, 0.2) is 53.0 Å². The average molecular weight is 348 g/mol. The molecule has 0 heterocycles. The Kier molecular flexibility index (Phi) is 5.81. The summed E-state index contributed by atoms with van der Waals surface area (Å²) in [6, 6.07) is 15.7. The van der Waals surface area contributed by atoms with Gasteiger partial charge in [0.25, 0.3) is 0 Å². The molecule has 2 aromatic rings. The summed E-state index contributed by atoms with van der Waals surface area (Å²) in [6.45, 7) is 2.92. The first-order chi connectivity index (χ1) is 10.1. The van der Waals surface area contributed by atoms with Crippen molar-refractivity contribution < 1.29 is 9.53 Å². The molecule has 0 amide bonds. The molecule has 0 aliphatic rings. The van der Waals surface area contributed by atoms with E-state index in [1.54, 1.807) is 0 Å². The van der Waals surface area contributed by atoms with Crippen LogP contribution >= 0.6 is 15.9 Å². The number of halogens is 1. The monoisotopic (exact) mass is 347 g/mol. The Morgan fingerprint density at radius 1 is 1.19 bits per heavy atom. The van der Waals surface area contributed by atoms with Crippen molar-refractivity contribution in [3.8, 4) is 0 Å². The van der Waals surface area contributed by atoms with Gasteiger partial charge < -0.3 is 10.1 Å². The Hall–Kier alpha value is -1.81. The molecule has 1 N–H and O–H groups in total. The Labute approximate surface area is 133 Å². The number of carbonyl (C=O) groups excluding carboxylic acids is 1. The van der Waals surface area contributed by atoms with Crippen LogP contribution in [0, 0.1) is 6.92 Å². The van der Waals surface area contributed by atoms with E-state index in [4.69, 9.17) is 4.74 Å². The van der Waals surface area contributed by atoms with Gasteiger partial charge in [0.2, 0.25) is 0 Å². The maximum absolute atomic E-state index is 11.7. The van der Waals surface area contributed by atoms with Gasteiger partial charge in [0, 0.05) is 16.7 Å². The van der Waals surface area contributed by atoms with Gasteiger partial charge in [-0.25, -0.2) is 0 Å². The minimum absolute atomic E-state index is 0.198. The van der Waals surface area contributed by atoms with Gasteiger partial charge in [0.1, 0.15) is 6.61 Å². The second-order valence-electron chi connectivity index (χ2n) is 4.78. The minimum Gasteiger partial charge on any atom is -0.461 e. The molecule has 3 nitrogen and oxygen atoms in total. The Balaban J connectivity index is 1.72. The SMILES string of the molecule is Cc1ccccc1NCCC(=O)OCc1cccc(Br)c1. The highest BCUT2D eigenvalue weighted by Gasteiger charge is 2.04. The third kappa shape index (κ3) is 5.23. The van der Waals surface area contributed by atoms with Crippen molar-refractivity contribution in [2.45, 2.75) is 20.0 Å². The zero-order valence-electron chi connectivity index (χ0n) is 11.9. The third-order valence-electron chi connectivity index (χ3n) is 3.08. The van der Waals surface area contributed by atoms with E-state index in [0.717, 1.165) is 15.7 Å². The second kappa shape index (κ2) is 7.84. The lowest BCUT2D eigenvalue weighted by Gasteiger charge is -2.09. The second-order valence-corrected chi connectivity index (χ2v) is 5.70. The number of esters is 1. The fourth-order valence-corrected chi connectivity index (χ4v) is 2.38. The molecule has 0 aliphatic heterocycles. The van der Waals surface area contributed by atoms with Gasteiger partial charge in [-0.2, -0.15) is 0 Å². The number of carbonyl (C=O) groups is 1. The maximum atomic E-state index is 11.7. The minimum atomic E-state index is -0.198. The summed E-state index contributed by atoms with van der Waals surface area (Å²) in [4.78, 5) is 11.7. The highest BCUT2D eigenvalue weighted by Crippen LogP contribution is 2.14. The van der Waals surface area contributed by atoms with Gasteiger partial charge in [0.05, 0.1) is 6.42 Å². The fraction of sp³-hybridized carbons (Fsp3) is 0.235. The zero-order valence-corrected chi connectivity index (χ0v) is 13.5. The van der Waals surface area contributed by atoms with Crippen LogP contribution in [0.4, 0.5) is 5.69 Å². The van der Waals surface area contributed by atoms with E-state index >= 15 is 0 Å². The Morgan fingerprint density at radius 2 is 2.00 bits per heavy atom. The van der Waals surface area contributed by atoms with Gasteiger partial charge in [-0.05, 0) is 36.2 Å². The van der Waals surface area contributed by atoms with E-state index in [9.17, 15) is 4.79 Å². The lowest BCUT2D eigenvalue weighted by Crippen LogP contribution is -2.12. The molecule has 0 unspecified atom stereocenters. The molecule has 0 bridgehead atoms. The average Bonchev–Trinajstić information content (AvgIpc) is 2.47. The van der Waals surface area contributed by atoms with Crippen molar-refractivity contribution >= 4 is 27.6 Å². The summed E-state index contributed by atoms with van der Waals surface area (Å²) >= 11 is 3.39. The molecule has 0 atom stereocenters. The van der Waals surface area contributed by atoms with Crippen molar-refractivity contribution in [3.05, 3.63) is 64.1 Å². The molecule has 0 saturated heterocycles. The summed E-state index contributed by atoms with van der Waals surface area (Å²) in [6.07, 6.45) is 0.350. The first kappa shape index (κ1) is 15.6. The summed E-state index contributed by atoms with van der Waals surface area (Å²) in [7, 11) is 0. The molecule has 0 radical (unpaired) electrons. The first-order valence-electron chi connectivity index (χ1n) is 6.85. The normalized spacial score (nSPS) is 10.2. The number of aryl methyl sites for hydroxylation is 1. The highest BCUT2D eigenvalue weighted by molar-refractivity contribution is 9.10. The molecule has 4 heteroatoms. The first-order valence-corrected chi connectivity index (χ1v) is 7.64. The lowest BCUT2D eigenvalue weighted by molar-refractivity contribution is -0.144. The Morgan fingerprint density at radius 3 is 2.76 bits per heavy atom. The maximum Gasteiger partial charge on any atom is 0.307 e. The predicted molar refractivity (Wildman–Crippen MR) is 88.2 cm³/mol. The quantitative estimate of drug-likeness (QED) is 0.791. The van der Waals surface area contributed by atoms with Crippen LogP contribution in [0.25, 0.3) is 0 Å². The predicted octanol–water partition coefficient (Wildman–Crippen LogP) is 4.30. The number of rotatable bonds is 6. The molecule has 0 saturated carbocycles. The molecule has 21 heavy (non-hydrogen) atoms. The van der Waals surface area contributed by atoms with E-state index in [2.05, 4.69) is 21.2 Å². The molecule has 2 rings (SSSR count). The number of para-hydroxylation sites is 1. The van der Waals surface area contributed by atoms with Crippen LogP contribution in [0.2, 0.25) is 0 Å². The molecular weight excluding hydrogens is 330 g/mol. The summed E-state index contributed by atoms with van der Waals surface area (Å²) in [5.41, 5.74) is 3.20.